The topological polar surface area (TPSA) is 146 Å². The van der Waals surface area contributed by atoms with Crippen molar-refractivity contribution in [1.82, 2.24) is 19.4 Å². The molecule has 2 aromatic heterocycles. The van der Waals surface area contributed by atoms with E-state index in [1.54, 1.807) is 44.3 Å². The van der Waals surface area contributed by atoms with Gasteiger partial charge in [0.05, 0.1) is 28.8 Å². The van der Waals surface area contributed by atoms with E-state index in [0.29, 0.717) is 27.7 Å². The van der Waals surface area contributed by atoms with E-state index in [-0.39, 0.29) is 22.4 Å². The van der Waals surface area contributed by atoms with Crippen LogP contribution >= 0.6 is 0 Å². The molecule has 1 N–H and O–H groups in total. The minimum absolute atomic E-state index is 0.0312. The molecule has 0 aliphatic heterocycles. The number of carbonyl (C=O) groups is 2. The second-order valence-electron chi connectivity index (χ2n) is 11.1. The van der Waals surface area contributed by atoms with Gasteiger partial charge >= 0.3 is 11.7 Å². The summed E-state index contributed by atoms with van der Waals surface area (Å²) in [5, 5.41) is 2.84. The zero-order valence-electron chi connectivity index (χ0n) is 26.3. The number of fused-ring (bicyclic) bond motifs is 1. The van der Waals surface area contributed by atoms with Crippen molar-refractivity contribution in [2.24, 2.45) is 14.1 Å². The molecule has 0 saturated heterocycles. The molecule has 1 atom stereocenters. The molecule has 248 valence electrons. The summed E-state index contributed by atoms with van der Waals surface area (Å²) in [5.41, 5.74) is -0.283. The average Bonchev–Trinajstić information content (AvgIpc) is 3.06. The number of nitrogens with one attached hydrogen (secondary N) is 1. The Kier molecular flexibility index (Phi) is 9.39. The molecule has 0 unspecified atom stereocenters. The highest BCUT2D eigenvalue weighted by Crippen LogP contribution is 2.30. The predicted molar refractivity (Wildman–Crippen MR) is 173 cm³/mol. The van der Waals surface area contributed by atoms with Crippen molar-refractivity contribution in [1.29, 1.82) is 0 Å². The molecule has 0 spiro atoms. The van der Waals surface area contributed by atoms with Crippen LogP contribution < -0.4 is 16.6 Å². The molecule has 11 nitrogen and oxygen atoms in total. The molecule has 5 rings (SSSR count). The molecule has 3 aromatic carbocycles. The van der Waals surface area contributed by atoms with Gasteiger partial charge in [-0.2, -0.15) is 0 Å². The maximum atomic E-state index is 15.2. The number of carbonyl (C=O) groups excluding carboxylic acids is 2. The number of hydrogen-bond acceptors (Lipinski definition) is 8. The second-order valence-corrected chi connectivity index (χ2v) is 13.1. The summed E-state index contributed by atoms with van der Waals surface area (Å²) in [6.07, 6.45) is 1.32. The van der Waals surface area contributed by atoms with Crippen molar-refractivity contribution in [3.8, 4) is 11.1 Å². The summed E-state index contributed by atoms with van der Waals surface area (Å²) < 4.78 is 63.0. The van der Waals surface area contributed by atoms with Crippen LogP contribution in [0.3, 0.4) is 0 Å². The second kappa shape index (κ2) is 13.3. The van der Waals surface area contributed by atoms with Gasteiger partial charge in [0, 0.05) is 43.4 Å². The van der Waals surface area contributed by atoms with Gasteiger partial charge < -0.3 is 14.6 Å². The van der Waals surface area contributed by atoms with Gasteiger partial charge in [0.2, 0.25) is 0 Å². The Balaban J connectivity index is 1.47. The smallest absolute Gasteiger partial charge is 0.330 e. The molecule has 2 heterocycles. The molecule has 0 radical (unpaired) electrons. The van der Waals surface area contributed by atoms with Crippen LogP contribution in [0.1, 0.15) is 27.2 Å². The Labute approximate surface area is 273 Å². The third kappa shape index (κ3) is 6.38. The SMILES string of the molecule is COC(=O)[C@H](Cc1ccc(-c2c(C)n(C)c(=O)n(C)c2=O)c2ncccc12)NC(=O)c1c(F)cc(CS(=O)(=O)c2ccccc2)cc1F. The lowest BCUT2D eigenvalue weighted by molar-refractivity contribution is -0.142. The number of ether oxygens (including phenoxy) is 1. The first-order valence-corrected chi connectivity index (χ1v) is 16.2. The highest BCUT2D eigenvalue weighted by atomic mass is 32.2. The van der Waals surface area contributed by atoms with Crippen LogP contribution in [-0.4, -0.2) is 47.6 Å². The molecule has 0 fully saturated rings. The Morgan fingerprint density at radius 3 is 2.27 bits per heavy atom. The highest BCUT2D eigenvalue weighted by Gasteiger charge is 2.28. The van der Waals surface area contributed by atoms with E-state index in [4.69, 9.17) is 4.74 Å². The largest absolute Gasteiger partial charge is 0.467 e. The van der Waals surface area contributed by atoms with E-state index in [1.807, 2.05) is 0 Å². The van der Waals surface area contributed by atoms with Gasteiger partial charge in [-0.05, 0) is 48.4 Å². The first-order chi connectivity index (χ1) is 22.7. The fourth-order valence-corrected chi connectivity index (χ4v) is 6.85. The number of esters is 1. The van der Waals surface area contributed by atoms with Crippen LogP contribution in [0.15, 0.2) is 87.4 Å². The lowest BCUT2D eigenvalue weighted by Gasteiger charge is -2.19. The molecular formula is C34H30F2N4O7S. The van der Waals surface area contributed by atoms with Gasteiger partial charge in [-0.3, -0.25) is 19.1 Å². The summed E-state index contributed by atoms with van der Waals surface area (Å²) in [4.78, 5) is 56.1. The van der Waals surface area contributed by atoms with E-state index < -0.39 is 62.0 Å². The van der Waals surface area contributed by atoms with Crippen LogP contribution in [0.4, 0.5) is 8.78 Å². The predicted octanol–water partition coefficient (Wildman–Crippen LogP) is 3.37. The molecule has 48 heavy (non-hydrogen) atoms. The standard InChI is InChI=1S/C34H30F2N4O7S/c1-19-28(32(42)40(3)34(44)39(19)2)24-13-12-21(23-11-8-14-37-30(23)24)17-27(33(43)47-4)38-31(41)29-25(35)15-20(16-26(29)36)18-48(45,46)22-9-6-5-7-10-22/h5-16,27H,17-18H2,1-4H3,(H,38,41)/t27-/m0/s1. The Bertz CT molecular complexity index is 2300. The first-order valence-electron chi connectivity index (χ1n) is 14.5. The average molecular weight is 677 g/mol. The maximum Gasteiger partial charge on any atom is 0.330 e. The number of methoxy groups -OCH3 is 1. The van der Waals surface area contributed by atoms with E-state index in [2.05, 4.69) is 10.3 Å². The van der Waals surface area contributed by atoms with Crippen LogP contribution in [0.5, 0.6) is 0 Å². The Hall–Kier alpha value is -5.50. The fourth-order valence-electron chi connectivity index (χ4n) is 5.51. The molecular weight excluding hydrogens is 646 g/mol. The summed E-state index contributed by atoms with van der Waals surface area (Å²) in [6.45, 7) is 1.64. The number of sulfone groups is 1. The Morgan fingerprint density at radius 2 is 1.62 bits per heavy atom. The minimum Gasteiger partial charge on any atom is -0.467 e. The number of rotatable bonds is 9. The van der Waals surface area contributed by atoms with E-state index in [0.717, 1.165) is 23.8 Å². The van der Waals surface area contributed by atoms with Crippen molar-refractivity contribution in [3.05, 3.63) is 128 Å². The summed E-state index contributed by atoms with van der Waals surface area (Å²) >= 11 is 0. The van der Waals surface area contributed by atoms with Gasteiger partial charge in [-0.1, -0.05) is 36.4 Å². The zero-order chi connectivity index (χ0) is 34.9. The molecule has 0 aliphatic carbocycles. The van der Waals surface area contributed by atoms with E-state index in [1.165, 1.54) is 42.1 Å². The van der Waals surface area contributed by atoms with Gasteiger partial charge in [0.1, 0.15) is 23.2 Å². The quantitative estimate of drug-likeness (QED) is 0.234. The molecule has 14 heteroatoms. The summed E-state index contributed by atoms with van der Waals surface area (Å²) in [6, 6.07) is 14.0. The van der Waals surface area contributed by atoms with Crippen molar-refractivity contribution >= 4 is 32.6 Å². The van der Waals surface area contributed by atoms with Crippen LogP contribution in [0, 0.1) is 18.6 Å². The van der Waals surface area contributed by atoms with E-state index >= 15 is 8.78 Å². The number of aromatic nitrogens is 3. The van der Waals surface area contributed by atoms with Crippen LogP contribution in [0.25, 0.3) is 22.0 Å². The number of pyridine rings is 1. The fraction of sp³-hybridized carbons (Fsp3) is 0.206. The summed E-state index contributed by atoms with van der Waals surface area (Å²) in [7, 11) is 0.0668. The summed E-state index contributed by atoms with van der Waals surface area (Å²) in [5.74, 6) is -5.51. The van der Waals surface area contributed by atoms with Gasteiger partial charge in [-0.15, -0.1) is 0 Å². The normalized spacial score (nSPS) is 12.1. The molecule has 0 saturated carbocycles. The van der Waals surface area contributed by atoms with Gasteiger partial charge in [0.25, 0.3) is 11.5 Å². The third-order valence-electron chi connectivity index (χ3n) is 8.09. The molecule has 5 aromatic rings. The van der Waals surface area contributed by atoms with Gasteiger partial charge in [0.15, 0.2) is 9.84 Å². The van der Waals surface area contributed by atoms with Crippen molar-refractivity contribution < 1.29 is 31.5 Å². The van der Waals surface area contributed by atoms with E-state index in [9.17, 15) is 27.6 Å². The van der Waals surface area contributed by atoms with Gasteiger partial charge in [-0.25, -0.2) is 26.8 Å². The lowest BCUT2D eigenvalue weighted by atomic mass is 9.95. The minimum atomic E-state index is -3.93. The zero-order valence-corrected chi connectivity index (χ0v) is 27.1. The number of benzene rings is 3. The number of halogens is 2. The van der Waals surface area contributed by atoms with Crippen LogP contribution in [0.2, 0.25) is 0 Å². The van der Waals surface area contributed by atoms with Crippen molar-refractivity contribution in [2.75, 3.05) is 7.11 Å². The van der Waals surface area contributed by atoms with Crippen molar-refractivity contribution in [2.45, 2.75) is 30.0 Å². The number of hydrogen-bond donors (Lipinski definition) is 1. The highest BCUT2D eigenvalue weighted by molar-refractivity contribution is 7.90. The van der Waals surface area contributed by atoms with Crippen LogP contribution in [-0.2, 0) is 45.6 Å². The first kappa shape index (κ1) is 33.9. The number of nitrogens with zero attached hydrogens (tertiary/aromatic N) is 3. The molecule has 0 bridgehead atoms. The monoisotopic (exact) mass is 676 g/mol. The maximum absolute atomic E-state index is 15.2. The number of amides is 1. The molecule has 0 aliphatic rings. The Morgan fingerprint density at radius 1 is 0.958 bits per heavy atom. The molecule has 1 amide bonds. The van der Waals surface area contributed by atoms with Crippen molar-refractivity contribution in [3.63, 3.8) is 0 Å². The third-order valence-corrected chi connectivity index (χ3v) is 9.79. The lowest BCUT2D eigenvalue weighted by Crippen LogP contribution is -2.43.